The molecule has 0 saturated carbocycles. The molecule has 0 unspecified atom stereocenters. The fourth-order valence-electron chi connectivity index (χ4n) is 2.38. The minimum Gasteiger partial charge on any atom is -0.480 e. The molecule has 2 aromatic rings. The average Bonchev–Trinajstić information content (AvgIpc) is 3.05. The number of aliphatic carboxylic acids is 1. The van der Waals surface area contributed by atoms with Gasteiger partial charge in [-0.2, -0.15) is 4.98 Å². The minimum absolute atomic E-state index is 0.346. The van der Waals surface area contributed by atoms with Gasteiger partial charge in [-0.3, -0.25) is 9.69 Å². The maximum Gasteiger partial charge on any atom is 0.321 e. The van der Waals surface area contributed by atoms with E-state index in [1.54, 1.807) is 6.33 Å². The molecule has 0 spiro atoms. The Morgan fingerprint density at radius 2 is 2.50 bits per heavy atom. The second kappa shape index (κ2) is 5.04. The number of aromatic amines is 1. The summed E-state index contributed by atoms with van der Waals surface area (Å²) in [6.07, 6.45) is 2.64. The fraction of sp³-hybridized carbons (Fsp3) is 0.500. The zero-order valence-corrected chi connectivity index (χ0v) is 11.0. The van der Waals surface area contributed by atoms with Gasteiger partial charge in [0.25, 0.3) is 0 Å². The number of aromatic nitrogens is 4. The average molecular weight is 277 g/mol. The van der Waals surface area contributed by atoms with Gasteiger partial charge in [0, 0.05) is 19.4 Å². The van der Waals surface area contributed by atoms with Gasteiger partial charge in [0.15, 0.2) is 5.82 Å². The summed E-state index contributed by atoms with van der Waals surface area (Å²) in [6, 6.07) is -0.616. The van der Waals surface area contributed by atoms with E-state index in [4.69, 9.17) is 4.52 Å². The van der Waals surface area contributed by atoms with Gasteiger partial charge in [-0.05, 0) is 0 Å². The molecule has 1 atom stereocenters. The summed E-state index contributed by atoms with van der Waals surface area (Å²) in [7, 11) is 0. The molecule has 0 radical (unpaired) electrons. The van der Waals surface area contributed by atoms with E-state index < -0.39 is 12.0 Å². The van der Waals surface area contributed by atoms with Crippen LogP contribution < -0.4 is 0 Å². The summed E-state index contributed by atoms with van der Waals surface area (Å²) in [4.78, 5) is 24.6. The molecule has 0 amide bonds. The van der Waals surface area contributed by atoms with Crippen molar-refractivity contribution in [3.63, 3.8) is 0 Å². The SMILES string of the molecule is CCc1nc(CN2Cc3[nH]cnc3C[C@@H]2C(=O)O)no1. The number of nitrogens with zero attached hydrogens (tertiary/aromatic N) is 4. The van der Waals surface area contributed by atoms with Crippen LogP contribution >= 0.6 is 0 Å². The van der Waals surface area contributed by atoms with Gasteiger partial charge < -0.3 is 14.6 Å². The summed E-state index contributed by atoms with van der Waals surface area (Å²) in [6.45, 7) is 2.76. The standard InChI is InChI=1S/C12H15N5O3/c1-2-11-15-10(16-20-11)5-17-4-8-7(13-6-14-8)3-9(17)12(18)19/h6,9H,2-5H2,1H3,(H,13,14)(H,18,19)/t9-/m1/s1. The lowest BCUT2D eigenvalue weighted by Gasteiger charge is -2.31. The molecule has 1 aliphatic heterocycles. The van der Waals surface area contributed by atoms with E-state index in [9.17, 15) is 9.90 Å². The highest BCUT2D eigenvalue weighted by Gasteiger charge is 2.33. The Labute approximate surface area is 114 Å². The van der Waals surface area contributed by atoms with Gasteiger partial charge in [-0.25, -0.2) is 4.98 Å². The Morgan fingerprint density at radius 3 is 3.20 bits per heavy atom. The quantitative estimate of drug-likeness (QED) is 0.830. The molecule has 1 aliphatic rings. The number of carbonyl (C=O) groups is 1. The maximum absolute atomic E-state index is 11.4. The molecule has 0 bridgehead atoms. The first-order valence-corrected chi connectivity index (χ1v) is 6.46. The number of carboxylic acid groups (broad SMARTS) is 1. The first-order chi connectivity index (χ1) is 9.67. The van der Waals surface area contributed by atoms with Gasteiger partial charge in [0.1, 0.15) is 6.04 Å². The number of carboxylic acids is 1. The van der Waals surface area contributed by atoms with Crippen molar-refractivity contribution in [1.82, 2.24) is 25.0 Å². The van der Waals surface area contributed by atoms with Gasteiger partial charge >= 0.3 is 5.97 Å². The second-order valence-corrected chi connectivity index (χ2v) is 4.75. The van der Waals surface area contributed by atoms with Crippen molar-refractivity contribution in [1.29, 1.82) is 0 Å². The monoisotopic (exact) mass is 277 g/mol. The van der Waals surface area contributed by atoms with Crippen LogP contribution in [0.5, 0.6) is 0 Å². The first kappa shape index (κ1) is 12.8. The lowest BCUT2D eigenvalue weighted by molar-refractivity contribution is -0.144. The lowest BCUT2D eigenvalue weighted by atomic mass is 10.0. The highest BCUT2D eigenvalue weighted by Crippen LogP contribution is 2.22. The molecule has 20 heavy (non-hydrogen) atoms. The molecule has 3 rings (SSSR count). The number of aryl methyl sites for hydroxylation is 1. The van der Waals surface area contributed by atoms with Crippen molar-refractivity contribution < 1.29 is 14.4 Å². The smallest absolute Gasteiger partial charge is 0.321 e. The van der Waals surface area contributed by atoms with E-state index in [-0.39, 0.29) is 0 Å². The van der Waals surface area contributed by atoms with Crippen molar-refractivity contribution in [3.05, 3.63) is 29.4 Å². The van der Waals surface area contributed by atoms with E-state index in [0.717, 1.165) is 11.4 Å². The Kier molecular flexibility index (Phi) is 3.23. The highest BCUT2D eigenvalue weighted by atomic mass is 16.5. The zero-order valence-electron chi connectivity index (χ0n) is 11.0. The van der Waals surface area contributed by atoms with Crippen LogP contribution in [0.25, 0.3) is 0 Å². The molecular weight excluding hydrogens is 262 g/mol. The number of fused-ring (bicyclic) bond motifs is 1. The van der Waals surface area contributed by atoms with Crippen molar-refractivity contribution >= 4 is 5.97 Å². The lowest BCUT2D eigenvalue weighted by Crippen LogP contribution is -2.45. The van der Waals surface area contributed by atoms with Crippen molar-refractivity contribution in [2.24, 2.45) is 0 Å². The van der Waals surface area contributed by atoms with Crippen molar-refractivity contribution in [2.75, 3.05) is 0 Å². The van der Waals surface area contributed by atoms with E-state index in [1.807, 2.05) is 11.8 Å². The third-order valence-corrected chi connectivity index (χ3v) is 3.44. The van der Waals surface area contributed by atoms with E-state index >= 15 is 0 Å². The van der Waals surface area contributed by atoms with E-state index in [2.05, 4.69) is 20.1 Å². The van der Waals surface area contributed by atoms with Crippen LogP contribution in [0.1, 0.15) is 30.0 Å². The van der Waals surface area contributed by atoms with Crippen LogP contribution in [-0.4, -0.2) is 42.1 Å². The minimum atomic E-state index is -0.863. The molecule has 3 heterocycles. The Morgan fingerprint density at radius 1 is 1.65 bits per heavy atom. The number of imidazole rings is 1. The third kappa shape index (κ3) is 2.29. The topological polar surface area (TPSA) is 108 Å². The van der Waals surface area contributed by atoms with Crippen LogP contribution in [-0.2, 0) is 30.7 Å². The summed E-state index contributed by atoms with van der Waals surface area (Å²) >= 11 is 0. The fourth-order valence-corrected chi connectivity index (χ4v) is 2.38. The van der Waals surface area contributed by atoms with Crippen molar-refractivity contribution in [2.45, 2.75) is 38.9 Å². The Balaban J connectivity index is 1.81. The first-order valence-electron chi connectivity index (χ1n) is 6.46. The molecule has 106 valence electrons. The maximum atomic E-state index is 11.4. The molecule has 2 aromatic heterocycles. The molecule has 0 fully saturated rings. The largest absolute Gasteiger partial charge is 0.480 e. The van der Waals surface area contributed by atoms with E-state index in [1.165, 1.54) is 0 Å². The summed E-state index contributed by atoms with van der Waals surface area (Å²) in [5, 5.41) is 13.2. The number of rotatable bonds is 4. The predicted octanol–water partition coefficient (Wildman–Crippen LogP) is 0.367. The number of hydrogen-bond acceptors (Lipinski definition) is 6. The number of H-pyrrole nitrogens is 1. The third-order valence-electron chi connectivity index (χ3n) is 3.44. The normalized spacial score (nSPS) is 18.9. The molecular formula is C12H15N5O3. The molecule has 0 aliphatic carbocycles. The predicted molar refractivity (Wildman–Crippen MR) is 66.6 cm³/mol. The number of hydrogen-bond donors (Lipinski definition) is 2. The second-order valence-electron chi connectivity index (χ2n) is 4.75. The molecule has 2 N–H and O–H groups in total. The van der Waals surface area contributed by atoms with Crippen LogP contribution in [0.15, 0.2) is 10.9 Å². The molecule has 8 heteroatoms. The molecule has 0 aromatic carbocycles. The van der Waals surface area contributed by atoms with Crippen LogP contribution in [0.2, 0.25) is 0 Å². The van der Waals surface area contributed by atoms with Gasteiger partial charge in [0.05, 0.1) is 24.3 Å². The summed E-state index contributed by atoms with van der Waals surface area (Å²) in [5.74, 6) is 0.208. The highest BCUT2D eigenvalue weighted by molar-refractivity contribution is 5.74. The molecule has 8 nitrogen and oxygen atoms in total. The Bertz CT molecular complexity index is 620. The van der Waals surface area contributed by atoms with Crippen molar-refractivity contribution in [3.8, 4) is 0 Å². The number of nitrogens with one attached hydrogen (secondary N) is 1. The zero-order chi connectivity index (χ0) is 14.1. The Hall–Kier alpha value is -2.22. The summed E-state index contributed by atoms with van der Waals surface area (Å²) < 4.78 is 5.05. The van der Waals surface area contributed by atoms with Crippen LogP contribution in [0.3, 0.4) is 0 Å². The van der Waals surface area contributed by atoms with Crippen LogP contribution in [0, 0.1) is 0 Å². The van der Waals surface area contributed by atoms with E-state index in [0.29, 0.717) is 37.6 Å². The molecule has 0 saturated heterocycles. The van der Waals surface area contributed by atoms with Gasteiger partial charge in [-0.1, -0.05) is 12.1 Å². The van der Waals surface area contributed by atoms with Crippen LogP contribution in [0.4, 0.5) is 0 Å². The summed E-state index contributed by atoms with van der Waals surface area (Å²) in [5.41, 5.74) is 1.76. The van der Waals surface area contributed by atoms with Gasteiger partial charge in [0.2, 0.25) is 5.89 Å². The van der Waals surface area contributed by atoms with Gasteiger partial charge in [-0.15, -0.1) is 0 Å².